The van der Waals surface area contributed by atoms with Crippen LogP contribution in [0, 0.1) is 17.7 Å². The fourth-order valence-corrected chi connectivity index (χ4v) is 3.30. The van der Waals surface area contributed by atoms with Gasteiger partial charge in [-0.25, -0.2) is 4.39 Å². The Labute approximate surface area is 116 Å². The Balaban J connectivity index is 2.02. The van der Waals surface area contributed by atoms with Crippen molar-refractivity contribution in [2.75, 3.05) is 0 Å². The van der Waals surface area contributed by atoms with E-state index in [1.54, 1.807) is 0 Å². The molecule has 0 heterocycles. The zero-order valence-electron chi connectivity index (χ0n) is 10.6. The second-order valence-corrected chi connectivity index (χ2v) is 6.31. The van der Waals surface area contributed by atoms with Crippen LogP contribution in [-0.4, -0.2) is 5.78 Å². The molecule has 1 aliphatic rings. The fraction of sp³-hybridized carbons (Fsp3) is 0.533. The van der Waals surface area contributed by atoms with Gasteiger partial charge in [0.25, 0.3) is 0 Å². The maximum Gasteiger partial charge on any atom is 0.140 e. The minimum absolute atomic E-state index is 0.177. The van der Waals surface area contributed by atoms with Gasteiger partial charge in [-0.2, -0.15) is 0 Å². The summed E-state index contributed by atoms with van der Waals surface area (Å²) in [4.78, 5) is 12.2. The van der Waals surface area contributed by atoms with Crippen molar-refractivity contribution in [2.24, 2.45) is 11.8 Å². The summed E-state index contributed by atoms with van der Waals surface area (Å²) in [5.74, 6) is 0.797. The van der Waals surface area contributed by atoms with E-state index in [1.807, 2.05) is 6.07 Å². The summed E-state index contributed by atoms with van der Waals surface area (Å²) >= 11 is 3.26. The molecule has 1 aromatic carbocycles. The lowest BCUT2D eigenvalue weighted by molar-refractivity contribution is -0.123. The van der Waals surface area contributed by atoms with Gasteiger partial charge in [-0.15, -0.1) is 0 Å². The molecule has 18 heavy (non-hydrogen) atoms. The number of Topliss-reactive ketones (excluding diaryl/α,β-unsaturated/α-hetero) is 1. The normalized spacial score (nSPS) is 23.9. The Morgan fingerprint density at radius 1 is 1.39 bits per heavy atom. The molecule has 0 radical (unpaired) electrons. The van der Waals surface area contributed by atoms with Crippen LogP contribution in [0.25, 0.3) is 0 Å². The largest absolute Gasteiger partial charge is 0.299 e. The standard InChI is InChI=1S/C15H18BrFO/c1-10-3-2-4-12(5-10)15(18)8-11-6-13(16)9-14(17)7-11/h6-7,9-10,12H,2-5,8H2,1H3. The van der Waals surface area contributed by atoms with E-state index in [4.69, 9.17) is 0 Å². The van der Waals surface area contributed by atoms with Gasteiger partial charge in [0, 0.05) is 16.8 Å². The third-order valence-electron chi connectivity index (χ3n) is 3.69. The number of benzene rings is 1. The Morgan fingerprint density at radius 2 is 2.17 bits per heavy atom. The second kappa shape index (κ2) is 5.96. The van der Waals surface area contributed by atoms with Crippen LogP contribution >= 0.6 is 15.9 Å². The lowest BCUT2D eigenvalue weighted by Crippen LogP contribution is -2.23. The van der Waals surface area contributed by atoms with Crippen LogP contribution in [0.1, 0.15) is 38.2 Å². The van der Waals surface area contributed by atoms with Crippen LogP contribution in [0.15, 0.2) is 22.7 Å². The molecule has 1 saturated carbocycles. The maximum atomic E-state index is 13.2. The van der Waals surface area contributed by atoms with Crippen molar-refractivity contribution < 1.29 is 9.18 Å². The van der Waals surface area contributed by atoms with Crippen molar-refractivity contribution in [2.45, 2.75) is 39.0 Å². The predicted molar refractivity (Wildman–Crippen MR) is 73.9 cm³/mol. The molecule has 2 rings (SSSR count). The van der Waals surface area contributed by atoms with Crippen molar-refractivity contribution >= 4 is 21.7 Å². The average Bonchev–Trinajstić information content (AvgIpc) is 2.27. The topological polar surface area (TPSA) is 17.1 Å². The van der Waals surface area contributed by atoms with Crippen LogP contribution in [0.5, 0.6) is 0 Å². The van der Waals surface area contributed by atoms with Crippen LogP contribution in [0.4, 0.5) is 4.39 Å². The first-order chi connectivity index (χ1) is 8.54. The van der Waals surface area contributed by atoms with Crippen molar-refractivity contribution in [3.8, 4) is 0 Å². The van der Waals surface area contributed by atoms with Crippen LogP contribution < -0.4 is 0 Å². The predicted octanol–water partition coefficient (Wildman–Crippen LogP) is 4.53. The monoisotopic (exact) mass is 312 g/mol. The molecule has 1 fully saturated rings. The molecule has 98 valence electrons. The number of rotatable bonds is 3. The van der Waals surface area contributed by atoms with Gasteiger partial charge in [-0.3, -0.25) is 4.79 Å². The molecule has 0 saturated heterocycles. The number of ketones is 1. The first kappa shape index (κ1) is 13.7. The molecular formula is C15H18BrFO. The van der Waals surface area contributed by atoms with E-state index < -0.39 is 0 Å². The van der Waals surface area contributed by atoms with E-state index >= 15 is 0 Å². The van der Waals surface area contributed by atoms with E-state index in [0.29, 0.717) is 16.8 Å². The molecule has 0 spiro atoms. The lowest BCUT2D eigenvalue weighted by Gasteiger charge is -2.25. The second-order valence-electron chi connectivity index (χ2n) is 5.39. The van der Waals surface area contributed by atoms with Gasteiger partial charge in [0.05, 0.1) is 0 Å². The summed E-state index contributed by atoms with van der Waals surface area (Å²) in [6, 6.07) is 4.69. The van der Waals surface area contributed by atoms with Gasteiger partial charge in [0.15, 0.2) is 0 Å². The Kier molecular flexibility index (Phi) is 4.55. The zero-order valence-corrected chi connectivity index (χ0v) is 12.2. The quantitative estimate of drug-likeness (QED) is 0.801. The molecule has 0 bridgehead atoms. The highest BCUT2D eigenvalue weighted by Gasteiger charge is 2.24. The van der Waals surface area contributed by atoms with Gasteiger partial charge >= 0.3 is 0 Å². The first-order valence-electron chi connectivity index (χ1n) is 6.52. The highest BCUT2D eigenvalue weighted by atomic mass is 79.9. The average molecular weight is 313 g/mol. The number of halogens is 2. The smallest absolute Gasteiger partial charge is 0.140 e. The summed E-state index contributed by atoms with van der Waals surface area (Å²) in [7, 11) is 0. The molecule has 2 unspecified atom stereocenters. The number of carbonyl (C=O) groups excluding carboxylic acids is 1. The van der Waals surface area contributed by atoms with Gasteiger partial charge in [-0.1, -0.05) is 35.7 Å². The fourth-order valence-electron chi connectivity index (χ4n) is 2.79. The summed E-state index contributed by atoms with van der Waals surface area (Å²) in [5.41, 5.74) is 0.769. The van der Waals surface area contributed by atoms with E-state index in [9.17, 15) is 9.18 Å². The molecular weight excluding hydrogens is 295 g/mol. The molecule has 0 aliphatic heterocycles. The number of hydrogen-bond donors (Lipinski definition) is 0. The van der Waals surface area contributed by atoms with E-state index in [0.717, 1.165) is 24.8 Å². The van der Waals surface area contributed by atoms with Crippen molar-refractivity contribution in [1.29, 1.82) is 0 Å². The Hall–Kier alpha value is -0.700. The molecule has 1 nitrogen and oxygen atoms in total. The Bertz CT molecular complexity index is 424. The van der Waals surface area contributed by atoms with Crippen LogP contribution in [-0.2, 0) is 11.2 Å². The summed E-state index contributed by atoms with van der Waals surface area (Å²) in [5, 5.41) is 0. The van der Waals surface area contributed by atoms with E-state index in [1.165, 1.54) is 18.6 Å². The minimum atomic E-state index is -0.288. The number of carbonyl (C=O) groups is 1. The molecule has 2 atom stereocenters. The zero-order chi connectivity index (χ0) is 13.1. The summed E-state index contributed by atoms with van der Waals surface area (Å²) in [6.45, 7) is 2.21. The van der Waals surface area contributed by atoms with Crippen molar-refractivity contribution in [3.05, 3.63) is 34.1 Å². The van der Waals surface area contributed by atoms with Crippen molar-refractivity contribution in [1.82, 2.24) is 0 Å². The number of hydrogen-bond acceptors (Lipinski definition) is 1. The lowest BCUT2D eigenvalue weighted by atomic mass is 9.79. The summed E-state index contributed by atoms with van der Waals surface area (Å²) < 4.78 is 13.9. The van der Waals surface area contributed by atoms with Gasteiger partial charge < -0.3 is 0 Å². The first-order valence-corrected chi connectivity index (χ1v) is 7.31. The molecule has 0 N–H and O–H groups in total. The minimum Gasteiger partial charge on any atom is -0.299 e. The van der Waals surface area contributed by atoms with Gasteiger partial charge in [0.1, 0.15) is 11.6 Å². The highest BCUT2D eigenvalue weighted by Crippen LogP contribution is 2.30. The van der Waals surface area contributed by atoms with Crippen LogP contribution in [0.3, 0.4) is 0 Å². The molecule has 3 heteroatoms. The van der Waals surface area contributed by atoms with Gasteiger partial charge in [-0.05, 0) is 42.5 Å². The molecule has 0 aromatic heterocycles. The molecule has 0 amide bonds. The van der Waals surface area contributed by atoms with Gasteiger partial charge in [0.2, 0.25) is 0 Å². The molecule has 1 aliphatic carbocycles. The van der Waals surface area contributed by atoms with Crippen LogP contribution in [0.2, 0.25) is 0 Å². The SMILES string of the molecule is CC1CCCC(C(=O)Cc2cc(F)cc(Br)c2)C1. The Morgan fingerprint density at radius 3 is 2.83 bits per heavy atom. The van der Waals surface area contributed by atoms with Crippen molar-refractivity contribution in [3.63, 3.8) is 0 Å². The van der Waals surface area contributed by atoms with E-state index in [2.05, 4.69) is 22.9 Å². The highest BCUT2D eigenvalue weighted by molar-refractivity contribution is 9.10. The third-order valence-corrected chi connectivity index (χ3v) is 4.15. The third kappa shape index (κ3) is 3.64. The molecule has 1 aromatic rings. The van der Waals surface area contributed by atoms with E-state index in [-0.39, 0.29) is 17.5 Å². The summed E-state index contributed by atoms with van der Waals surface area (Å²) in [6.07, 6.45) is 4.72. The maximum absolute atomic E-state index is 13.2.